The maximum absolute atomic E-state index is 11.8. The van der Waals surface area contributed by atoms with E-state index >= 15 is 0 Å². The van der Waals surface area contributed by atoms with Gasteiger partial charge in [-0.3, -0.25) is 0 Å². The number of esters is 2. The van der Waals surface area contributed by atoms with Gasteiger partial charge in [-0.25, -0.2) is 9.59 Å². The highest BCUT2D eigenvalue weighted by Gasteiger charge is 2.38. The first-order valence-electron chi connectivity index (χ1n) is 6.90. The zero-order chi connectivity index (χ0) is 15.8. The minimum atomic E-state index is -1.06. The average molecular weight is 286 g/mol. The number of nitrogens with zero attached hydrogens (tertiary/aromatic N) is 2. The molecule has 0 rings (SSSR count). The molecular formula is C14H26N2O4. The molecule has 20 heavy (non-hydrogen) atoms. The minimum Gasteiger partial charge on any atom is -0.467 e. The molecule has 0 aromatic rings. The third-order valence-corrected chi connectivity index (χ3v) is 3.22. The van der Waals surface area contributed by atoms with Crippen LogP contribution in [-0.4, -0.2) is 37.2 Å². The Morgan fingerprint density at radius 3 is 1.35 bits per heavy atom. The molecule has 6 heteroatoms. The Kier molecular flexibility index (Phi) is 7.39. The fourth-order valence-electron chi connectivity index (χ4n) is 2.02. The van der Waals surface area contributed by atoms with Crippen LogP contribution < -0.4 is 0 Å². The summed E-state index contributed by atoms with van der Waals surface area (Å²) >= 11 is 0. The molecule has 0 amide bonds. The molecule has 0 heterocycles. The molecule has 2 unspecified atom stereocenters. The van der Waals surface area contributed by atoms with Crippen molar-refractivity contribution >= 4 is 11.9 Å². The fourth-order valence-corrected chi connectivity index (χ4v) is 2.02. The van der Waals surface area contributed by atoms with Gasteiger partial charge >= 0.3 is 11.9 Å². The zero-order valence-corrected chi connectivity index (χ0v) is 13.4. The Morgan fingerprint density at radius 1 is 0.850 bits per heavy atom. The van der Waals surface area contributed by atoms with Gasteiger partial charge in [-0.2, -0.15) is 10.2 Å². The molecule has 0 N–H and O–H groups in total. The van der Waals surface area contributed by atoms with E-state index in [0.717, 1.165) is 12.8 Å². The van der Waals surface area contributed by atoms with Gasteiger partial charge in [-0.1, -0.05) is 26.7 Å². The Labute approximate surface area is 120 Å². The quantitative estimate of drug-likeness (QED) is 0.507. The molecule has 0 saturated heterocycles. The van der Waals surface area contributed by atoms with Crippen molar-refractivity contribution in [3.05, 3.63) is 0 Å². The van der Waals surface area contributed by atoms with Crippen LogP contribution in [0, 0.1) is 0 Å². The Balaban J connectivity index is 5.35. The van der Waals surface area contributed by atoms with Gasteiger partial charge in [0.25, 0.3) is 0 Å². The SMILES string of the molecule is CCCC(C)(N=NC(C)(CCC)C(=O)OC)C(=O)OC. The standard InChI is InChI=1S/C14H26N2O4/c1-7-9-13(3,11(17)19-5)15-16-14(4,10-8-2)12(18)20-6/h7-10H2,1-6H3. The van der Waals surface area contributed by atoms with E-state index in [0.29, 0.717) is 12.8 Å². The van der Waals surface area contributed by atoms with E-state index in [1.54, 1.807) is 13.8 Å². The van der Waals surface area contributed by atoms with E-state index in [9.17, 15) is 9.59 Å². The third-order valence-electron chi connectivity index (χ3n) is 3.22. The predicted octanol–water partition coefficient (Wildman–Crippen LogP) is 2.90. The van der Waals surface area contributed by atoms with Crippen molar-refractivity contribution in [3.8, 4) is 0 Å². The van der Waals surface area contributed by atoms with Crippen LogP contribution in [0.15, 0.2) is 10.2 Å². The molecule has 0 aliphatic rings. The van der Waals surface area contributed by atoms with E-state index < -0.39 is 23.0 Å². The summed E-state index contributed by atoms with van der Waals surface area (Å²) in [7, 11) is 2.63. The van der Waals surface area contributed by atoms with Crippen LogP contribution in [0.25, 0.3) is 0 Å². The maximum atomic E-state index is 11.8. The van der Waals surface area contributed by atoms with Gasteiger partial charge in [0, 0.05) is 0 Å². The monoisotopic (exact) mass is 286 g/mol. The smallest absolute Gasteiger partial charge is 0.335 e. The molecule has 0 aliphatic heterocycles. The molecule has 0 radical (unpaired) electrons. The number of ether oxygens (including phenoxy) is 2. The topological polar surface area (TPSA) is 77.3 Å². The molecule has 116 valence electrons. The summed E-state index contributed by atoms with van der Waals surface area (Å²) in [6.45, 7) is 7.22. The molecule has 0 aromatic carbocycles. The van der Waals surface area contributed by atoms with Crippen LogP contribution in [0.1, 0.15) is 53.4 Å². The average Bonchev–Trinajstić information content (AvgIpc) is 2.44. The van der Waals surface area contributed by atoms with Crippen molar-refractivity contribution in [1.82, 2.24) is 0 Å². The number of carbonyl (C=O) groups is 2. The number of azo groups is 1. The van der Waals surface area contributed by atoms with Gasteiger partial charge < -0.3 is 9.47 Å². The first kappa shape index (κ1) is 18.5. The highest BCUT2D eigenvalue weighted by Crippen LogP contribution is 2.26. The number of carbonyl (C=O) groups excluding carboxylic acids is 2. The van der Waals surface area contributed by atoms with Gasteiger partial charge in [0.1, 0.15) is 0 Å². The van der Waals surface area contributed by atoms with Gasteiger partial charge in [0.15, 0.2) is 11.1 Å². The second-order valence-electron chi connectivity index (χ2n) is 5.23. The fraction of sp³-hybridized carbons (Fsp3) is 0.857. The maximum Gasteiger partial charge on any atom is 0.335 e. The van der Waals surface area contributed by atoms with Crippen molar-refractivity contribution in [2.75, 3.05) is 14.2 Å². The van der Waals surface area contributed by atoms with E-state index in [1.165, 1.54) is 14.2 Å². The molecular weight excluding hydrogens is 260 g/mol. The second kappa shape index (κ2) is 7.97. The van der Waals surface area contributed by atoms with Crippen LogP contribution in [0.2, 0.25) is 0 Å². The minimum absolute atomic E-state index is 0.452. The highest BCUT2D eigenvalue weighted by molar-refractivity contribution is 5.81. The molecule has 0 aromatic heterocycles. The summed E-state index contributed by atoms with van der Waals surface area (Å²) in [4.78, 5) is 23.7. The molecule has 6 nitrogen and oxygen atoms in total. The van der Waals surface area contributed by atoms with Crippen LogP contribution in [-0.2, 0) is 19.1 Å². The van der Waals surface area contributed by atoms with Crippen molar-refractivity contribution in [2.45, 2.75) is 64.5 Å². The van der Waals surface area contributed by atoms with Crippen molar-refractivity contribution in [2.24, 2.45) is 10.2 Å². The Bertz CT molecular complexity index is 336. The summed E-state index contributed by atoms with van der Waals surface area (Å²) in [5, 5.41) is 8.25. The summed E-state index contributed by atoms with van der Waals surface area (Å²) in [6, 6.07) is 0. The number of hydrogen-bond donors (Lipinski definition) is 0. The lowest BCUT2D eigenvalue weighted by molar-refractivity contribution is -0.149. The normalized spacial score (nSPS) is 17.3. The highest BCUT2D eigenvalue weighted by atomic mass is 16.5. The molecule has 0 fully saturated rings. The molecule has 0 aliphatic carbocycles. The molecule has 2 atom stereocenters. The molecule has 0 spiro atoms. The van der Waals surface area contributed by atoms with Gasteiger partial charge in [-0.05, 0) is 26.7 Å². The van der Waals surface area contributed by atoms with E-state index in [4.69, 9.17) is 9.47 Å². The van der Waals surface area contributed by atoms with Gasteiger partial charge in [0.2, 0.25) is 0 Å². The third kappa shape index (κ3) is 4.58. The first-order valence-corrected chi connectivity index (χ1v) is 6.90. The predicted molar refractivity (Wildman–Crippen MR) is 75.5 cm³/mol. The summed E-state index contributed by atoms with van der Waals surface area (Å²) in [5.74, 6) is -0.904. The van der Waals surface area contributed by atoms with Crippen molar-refractivity contribution in [1.29, 1.82) is 0 Å². The van der Waals surface area contributed by atoms with Crippen molar-refractivity contribution < 1.29 is 19.1 Å². The summed E-state index contributed by atoms with van der Waals surface area (Å²) in [5.41, 5.74) is -2.13. The lowest BCUT2D eigenvalue weighted by Gasteiger charge is -2.24. The second-order valence-corrected chi connectivity index (χ2v) is 5.23. The van der Waals surface area contributed by atoms with E-state index in [1.807, 2.05) is 13.8 Å². The Morgan fingerprint density at radius 2 is 1.15 bits per heavy atom. The summed E-state index contributed by atoms with van der Waals surface area (Å²) in [6.07, 6.45) is 2.53. The number of hydrogen-bond acceptors (Lipinski definition) is 6. The lowest BCUT2D eigenvalue weighted by Crippen LogP contribution is -2.38. The molecule has 0 saturated carbocycles. The van der Waals surface area contributed by atoms with E-state index in [-0.39, 0.29) is 0 Å². The van der Waals surface area contributed by atoms with Crippen LogP contribution in [0.5, 0.6) is 0 Å². The van der Waals surface area contributed by atoms with Gasteiger partial charge in [0.05, 0.1) is 14.2 Å². The number of methoxy groups -OCH3 is 2. The van der Waals surface area contributed by atoms with Crippen LogP contribution in [0.3, 0.4) is 0 Å². The van der Waals surface area contributed by atoms with Crippen LogP contribution in [0.4, 0.5) is 0 Å². The van der Waals surface area contributed by atoms with E-state index in [2.05, 4.69) is 10.2 Å². The lowest BCUT2D eigenvalue weighted by atomic mass is 9.96. The van der Waals surface area contributed by atoms with Crippen molar-refractivity contribution in [3.63, 3.8) is 0 Å². The largest absolute Gasteiger partial charge is 0.467 e. The summed E-state index contributed by atoms with van der Waals surface area (Å²) < 4.78 is 9.54. The van der Waals surface area contributed by atoms with Crippen LogP contribution >= 0.6 is 0 Å². The first-order chi connectivity index (χ1) is 9.29. The molecule has 0 bridgehead atoms. The van der Waals surface area contributed by atoms with Gasteiger partial charge in [-0.15, -0.1) is 0 Å². The Hall–Kier alpha value is -1.46. The number of rotatable bonds is 8. The zero-order valence-electron chi connectivity index (χ0n) is 13.4.